The molecule has 5 N–H and O–H groups in total. The van der Waals surface area contributed by atoms with Gasteiger partial charge in [0.1, 0.15) is 5.82 Å². The summed E-state index contributed by atoms with van der Waals surface area (Å²) in [5, 5.41) is 11.2. The molecule has 0 atom stereocenters. The van der Waals surface area contributed by atoms with Gasteiger partial charge in [0, 0.05) is 0 Å². The first-order valence-corrected chi connectivity index (χ1v) is 4.74. The standard InChI is InChI=1S/C10H13FN4O/c1-2-6-4-3-5-7(11)8(6)14-10(16)15-9(12)13/h3-5H,2H2,1H3,(H5,12,13,14,15,16). The van der Waals surface area contributed by atoms with Crippen LogP contribution in [0.4, 0.5) is 14.9 Å². The number of carbonyl (C=O) groups is 1. The van der Waals surface area contributed by atoms with Crippen LogP contribution in [0, 0.1) is 11.2 Å². The lowest BCUT2D eigenvalue weighted by atomic mass is 10.1. The van der Waals surface area contributed by atoms with Crippen molar-refractivity contribution in [2.75, 3.05) is 5.32 Å². The van der Waals surface area contributed by atoms with Crippen LogP contribution < -0.4 is 16.4 Å². The number of rotatable bonds is 2. The van der Waals surface area contributed by atoms with Gasteiger partial charge in [0.05, 0.1) is 5.69 Å². The fourth-order valence-corrected chi connectivity index (χ4v) is 1.27. The Balaban J connectivity index is 2.87. The molecule has 5 nitrogen and oxygen atoms in total. The molecule has 0 aliphatic carbocycles. The third kappa shape index (κ3) is 2.94. The molecule has 0 aliphatic rings. The van der Waals surface area contributed by atoms with Crippen molar-refractivity contribution in [1.29, 1.82) is 5.41 Å². The third-order valence-electron chi connectivity index (χ3n) is 1.97. The number of carbonyl (C=O) groups excluding carboxylic acids is 1. The maximum Gasteiger partial charge on any atom is 0.326 e. The molecule has 0 saturated heterocycles. The van der Waals surface area contributed by atoms with Crippen LogP contribution in [-0.2, 0) is 6.42 Å². The number of amides is 2. The molecule has 6 heteroatoms. The largest absolute Gasteiger partial charge is 0.370 e. The average molecular weight is 224 g/mol. The van der Waals surface area contributed by atoms with Gasteiger partial charge in [-0.25, -0.2) is 9.18 Å². The smallest absolute Gasteiger partial charge is 0.326 e. The topological polar surface area (TPSA) is 91.0 Å². The molecule has 86 valence electrons. The van der Waals surface area contributed by atoms with Crippen LogP contribution in [0.1, 0.15) is 12.5 Å². The Hall–Kier alpha value is -2.11. The minimum Gasteiger partial charge on any atom is -0.370 e. The summed E-state index contributed by atoms with van der Waals surface area (Å²) in [5.41, 5.74) is 5.77. The highest BCUT2D eigenvalue weighted by Crippen LogP contribution is 2.19. The molecule has 0 saturated carbocycles. The molecule has 1 rings (SSSR count). The van der Waals surface area contributed by atoms with Crippen LogP contribution in [0.5, 0.6) is 0 Å². The molecule has 0 aromatic heterocycles. The zero-order valence-corrected chi connectivity index (χ0v) is 8.80. The van der Waals surface area contributed by atoms with Crippen LogP contribution >= 0.6 is 0 Å². The summed E-state index contributed by atoms with van der Waals surface area (Å²) in [6.07, 6.45) is 0.591. The summed E-state index contributed by atoms with van der Waals surface area (Å²) in [5.74, 6) is -1.01. The third-order valence-corrected chi connectivity index (χ3v) is 1.97. The first-order chi connectivity index (χ1) is 7.54. The van der Waals surface area contributed by atoms with Crippen molar-refractivity contribution < 1.29 is 9.18 Å². The van der Waals surface area contributed by atoms with E-state index in [0.29, 0.717) is 12.0 Å². The number of benzene rings is 1. The molecular formula is C10H13FN4O. The number of nitrogens with two attached hydrogens (primary N) is 1. The minimum absolute atomic E-state index is 0.115. The predicted octanol–water partition coefficient (Wildman–Crippen LogP) is 1.40. The van der Waals surface area contributed by atoms with Crippen molar-refractivity contribution in [2.45, 2.75) is 13.3 Å². The van der Waals surface area contributed by atoms with Gasteiger partial charge in [-0.1, -0.05) is 19.1 Å². The summed E-state index contributed by atoms with van der Waals surface area (Å²) >= 11 is 0. The first kappa shape index (κ1) is 12.0. The van der Waals surface area contributed by atoms with E-state index in [1.54, 1.807) is 12.1 Å². The van der Waals surface area contributed by atoms with E-state index in [2.05, 4.69) is 5.32 Å². The highest BCUT2D eigenvalue weighted by Gasteiger charge is 2.10. The summed E-state index contributed by atoms with van der Waals surface area (Å²) in [4.78, 5) is 11.2. The van der Waals surface area contributed by atoms with Crippen molar-refractivity contribution in [3.8, 4) is 0 Å². The normalized spacial score (nSPS) is 9.62. The first-order valence-electron chi connectivity index (χ1n) is 4.74. The van der Waals surface area contributed by atoms with Crippen LogP contribution in [-0.4, -0.2) is 12.0 Å². The number of para-hydroxylation sites is 1. The summed E-state index contributed by atoms with van der Waals surface area (Å²) in [7, 11) is 0. The Labute approximate surface area is 92.3 Å². The van der Waals surface area contributed by atoms with Crippen molar-refractivity contribution in [3.05, 3.63) is 29.6 Å². The zero-order chi connectivity index (χ0) is 12.1. The quantitative estimate of drug-likeness (QED) is 0.451. The van der Waals surface area contributed by atoms with Crippen LogP contribution in [0.25, 0.3) is 0 Å². The maximum absolute atomic E-state index is 13.4. The number of hydrogen-bond donors (Lipinski definition) is 4. The van der Waals surface area contributed by atoms with Gasteiger partial charge < -0.3 is 11.1 Å². The van der Waals surface area contributed by atoms with E-state index in [1.165, 1.54) is 6.07 Å². The highest BCUT2D eigenvalue weighted by molar-refractivity contribution is 6.01. The van der Waals surface area contributed by atoms with E-state index >= 15 is 0 Å². The van der Waals surface area contributed by atoms with E-state index in [1.807, 2.05) is 12.2 Å². The number of urea groups is 1. The number of halogens is 1. The van der Waals surface area contributed by atoms with E-state index in [0.717, 1.165) is 0 Å². The molecule has 2 amide bonds. The molecule has 0 unspecified atom stereocenters. The van der Waals surface area contributed by atoms with Gasteiger partial charge in [-0.15, -0.1) is 0 Å². The monoisotopic (exact) mass is 224 g/mol. The van der Waals surface area contributed by atoms with Gasteiger partial charge in [0.25, 0.3) is 0 Å². The Kier molecular flexibility index (Phi) is 3.82. The van der Waals surface area contributed by atoms with Crippen molar-refractivity contribution in [3.63, 3.8) is 0 Å². The lowest BCUT2D eigenvalue weighted by molar-refractivity contribution is 0.256. The van der Waals surface area contributed by atoms with Gasteiger partial charge in [-0.2, -0.15) is 0 Å². The average Bonchev–Trinajstić information content (AvgIpc) is 2.20. The number of guanidine groups is 1. The Bertz CT molecular complexity index is 419. The van der Waals surface area contributed by atoms with Gasteiger partial charge in [0.15, 0.2) is 5.96 Å². The molecule has 0 fully saturated rings. The Morgan fingerprint density at radius 2 is 2.25 bits per heavy atom. The lowest BCUT2D eigenvalue weighted by Gasteiger charge is -2.10. The lowest BCUT2D eigenvalue weighted by Crippen LogP contribution is -2.39. The number of hydrogen-bond acceptors (Lipinski definition) is 2. The Morgan fingerprint density at radius 3 is 2.81 bits per heavy atom. The van der Waals surface area contributed by atoms with E-state index in [4.69, 9.17) is 11.1 Å². The van der Waals surface area contributed by atoms with Gasteiger partial charge in [-0.05, 0) is 18.1 Å². The number of anilines is 1. The number of aryl methyl sites for hydroxylation is 1. The zero-order valence-electron chi connectivity index (χ0n) is 8.80. The van der Waals surface area contributed by atoms with Crippen LogP contribution in [0.2, 0.25) is 0 Å². The van der Waals surface area contributed by atoms with Gasteiger partial charge >= 0.3 is 6.03 Å². The maximum atomic E-state index is 13.4. The predicted molar refractivity (Wildman–Crippen MR) is 59.8 cm³/mol. The van der Waals surface area contributed by atoms with Crippen LogP contribution in [0.15, 0.2) is 18.2 Å². The summed E-state index contributed by atoms with van der Waals surface area (Å²) in [6.45, 7) is 1.85. The van der Waals surface area contributed by atoms with Gasteiger partial charge in [0.2, 0.25) is 0 Å². The van der Waals surface area contributed by atoms with Crippen molar-refractivity contribution in [1.82, 2.24) is 5.32 Å². The second-order valence-electron chi connectivity index (χ2n) is 3.12. The molecule has 0 aliphatic heterocycles. The van der Waals surface area contributed by atoms with Crippen molar-refractivity contribution in [2.24, 2.45) is 5.73 Å². The molecule has 16 heavy (non-hydrogen) atoms. The summed E-state index contributed by atoms with van der Waals surface area (Å²) in [6, 6.07) is 3.81. The van der Waals surface area contributed by atoms with E-state index < -0.39 is 17.8 Å². The second-order valence-corrected chi connectivity index (χ2v) is 3.12. The van der Waals surface area contributed by atoms with Crippen LogP contribution in [0.3, 0.4) is 0 Å². The highest BCUT2D eigenvalue weighted by atomic mass is 19.1. The fourth-order valence-electron chi connectivity index (χ4n) is 1.27. The second kappa shape index (κ2) is 5.11. The SMILES string of the molecule is CCc1cccc(F)c1NC(=O)NC(=N)N. The molecule has 0 heterocycles. The molecule has 0 spiro atoms. The van der Waals surface area contributed by atoms with Gasteiger partial charge in [-0.3, -0.25) is 10.7 Å². The Morgan fingerprint density at radius 1 is 1.56 bits per heavy atom. The molecule has 1 aromatic carbocycles. The number of nitrogens with one attached hydrogen (secondary N) is 3. The van der Waals surface area contributed by atoms with E-state index in [-0.39, 0.29) is 5.69 Å². The molecule has 1 aromatic rings. The molecule has 0 bridgehead atoms. The fraction of sp³-hybridized carbons (Fsp3) is 0.200. The minimum atomic E-state index is -0.729. The van der Waals surface area contributed by atoms with E-state index in [9.17, 15) is 9.18 Å². The molecular weight excluding hydrogens is 211 g/mol. The van der Waals surface area contributed by atoms with Crippen molar-refractivity contribution >= 4 is 17.7 Å². The summed E-state index contributed by atoms with van der Waals surface area (Å²) < 4.78 is 13.4. The molecule has 0 radical (unpaired) electrons.